The fourth-order valence-electron chi connectivity index (χ4n) is 1.63. The third-order valence-corrected chi connectivity index (χ3v) is 3.70. The van der Waals surface area contributed by atoms with Crippen LogP contribution in [0.2, 0.25) is 0 Å². The Morgan fingerprint density at radius 2 is 2.06 bits per heavy atom. The number of hydrogen-bond acceptors (Lipinski definition) is 3. The fraction of sp³-hybridized carbons (Fsp3) is 0.769. The Bertz CT molecular complexity index is 285. The molecule has 0 fully saturated rings. The quantitative estimate of drug-likeness (QED) is 0.854. The molecule has 16 heavy (non-hydrogen) atoms. The molecule has 0 radical (unpaired) electrons. The summed E-state index contributed by atoms with van der Waals surface area (Å²) in [6, 6.07) is 0.557. The molecule has 0 aliphatic rings. The molecule has 0 saturated heterocycles. The summed E-state index contributed by atoms with van der Waals surface area (Å²) in [5.41, 5.74) is 0.327. The summed E-state index contributed by atoms with van der Waals surface area (Å²) in [5, 5.41) is 6.86. The lowest BCUT2D eigenvalue weighted by molar-refractivity contribution is 0.226. The van der Waals surface area contributed by atoms with Gasteiger partial charge in [0.2, 0.25) is 0 Å². The summed E-state index contributed by atoms with van der Waals surface area (Å²) in [5.74, 6) is 0.640. The molecule has 1 heterocycles. The van der Waals surface area contributed by atoms with Crippen molar-refractivity contribution in [1.82, 2.24) is 10.3 Å². The summed E-state index contributed by atoms with van der Waals surface area (Å²) in [7, 11) is 0. The number of nitrogens with zero attached hydrogens (tertiary/aromatic N) is 1. The number of rotatable bonds is 5. The van der Waals surface area contributed by atoms with Crippen molar-refractivity contribution in [2.75, 3.05) is 6.54 Å². The second kappa shape index (κ2) is 5.78. The van der Waals surface area contributed by atoms with Crippen molar-refractivity contribution in [2.24, 2.45) is 11.3 Å². The van der Waals surface area contributed by atoms with E-state index in [9.17, 15) is 0 Å². The van der Waals surface area contributed by atoms with E-state index in [1.807, 2.05) is 6.20 Å². The number of nitrogens with one attached hydrogen (secondary N) is 1. The summed E-state index contributed by atoms with van der Waals surface area (Å²) in [6.45, 7) is 12.4. The minimum Gasteiger partial charge on any atom is -0.314 e. The van der Waals surface area contributed by atoms with E-state index in [2.05, 4.69) is 50.3 Å². The van der Waals surface area contributed by atoms with Crippen molar-refractivity contribution in [3.63, 3.8) is 0 Å². The topological polar surface area (TPSA) is 24.9 Å². The first-order valence-electron chi connectivity index (χ1n) is 6.01. The minimum atomic E-state index is 0.327. The zero-order valence-corrected chi connectivity index (χ0v) is 11.9. The van der Waals surface area contributed by atoms with E-state index in [4.69, 9.17) is 0 Å². The molecule has 1 aromatic rings. The summed E-state index contributed by atoms with van der Waals surface area (Å²) in [4.78, 5) is 4.39. The molecule has 1 aromatic heterocycles. The third kappa shape index (κ3) is 4.62. The highest BCUT2D eigenvalue weighted by molar-refractivity contribution is 7.09. The number of aromatic nitrogens is 1. The van der Waals surface area contributed by atoms with Crippen LogP contribution in [0.3, 0.4) is 0 Å². The van der Waals surface area contributed by atoms with Crippen molar-refractivity contribution in [3.05, 3.63) is 16.6 Å². The zero-order chi connectivity index (χ0) is 12.2. The van der Waals surface area contributed by atoms with Crippen LogP contribution in [0.5, 0.6) is 0 Å². The second-order valence-corrected chi connectivity index (χ2v) is 6.73. The van der Waals surface area contributed by atoms with Crippen LogP contribution < -0.4 is 5.32 Å². The Balaban J connectivity index is 2.58. The largest absolute Gasteiger partial charge is 0.314 e. The molecule has 2 nitrogen and oxygen atoms in total. The van der Waals surface area contributed by atoms with Gasteiger partial charge in [0.25, 0.3) is 0 Å². The van der Waals surface area contributed by atoms with Crippen molar-refractivity contribution in [2.45, 2.75) is 47.1 Å². The molecule has 0 bridgehead atoms. The fourth-order valence-corrected chi connectivity index (χ4v) is 2.32. The van der Waals surface area contributed by atoms with Gasteiger partial charge in [0, 0.05) is 24.0 Å². The van der Waals surface area contributed by atoms with Crippen LogP contribution in [0.25, 0.3) is 0 Å². The van der Waals surface area contributed by atoms with Crippen LogP contribution in [0.1, 0.15) is 39.6 Å². The Hall–Kier alpha value is -0.410. The van der Waals surface area contributed by atoms with Gasteiger partial charge in [-0.2, -0.15) is 0 Å². The predicted molar refractivity (Wildman–Crippen MR) is 71.9 cm³/mol. The number of thiazole rings is 1. The first kappa shape index (κ1) is 13.7. The van der Waals surface area contributed by atoms with Gasteiger partial charge in [-0.15, -0.1) is 11.3 Å². The monoisotopic (exact) mass is 240 g/mol. The molecule has 0 aliphatic carbocycles. The lowest BCUT2D eigenvalue weighted by Gasteiger charge is -2.31. The Morgan fingerprint density at radius 1 is 1.38 bits per heavy atom. The Labute approximate surface area is 103 Å². The van der Waals surface area contributed by atoms with Gasteiger partial charge in [-0.05, 0) is 17.9 Å². The maximum absolute atomic E-state index is 4.39. The van der Waals surface area contributed by atoms with Crippen molar-refractivity contribution in [3.8, 4) is 0 Å². The van der Waals surface area contributed by atoms with Gasteiger partial charge < -0.3 is 5.32 Å². The van der Waals surface area contributed by atoms with E-state index in [0.717, 1.165) is 13.0 Å². The maximum Gasteiger partial charge on any atom is 0.0928 e. The Morgan fingerprint density at radius 3 is 2.50 bits per heavy atom. The highest BCUT2D eigenvalue weighted by Crippen LogP contribution is 2.29. The summed E-state index contributed by atoms with van der Waals surface area (Å²) in [6.07, 6.45) is 2.98. The van der Waals surface area contributed by atoms with Gasteiger partial charge in [-0.3, -0.25) is 0 Å². The highest BCUT2D eigenvalue weighted by Gasteiger charge is 2.25. The van der Waals surface area contributed by atoms with E-state index < -0.39 is 0 Å². The molecular formula is C13H24N2S. The van der Waals surface area contributed by atoms with Crippen molar-refractivity contribution >= 4 is 11.3 Å². The maximum atomic E-state index is 4.39. The summed E-state index contributed by atoms with van der Waals surface area (Å²) < 4.78 is 0. The first-order valence-corrected chi connectivity index (χ1v) is 6.89. The van der Waals surface area contributed by atoms with E-state index in [0.29, 0.717) is 17.4 Å². The molecule has 3 heteroatoms. The molecule has 1 atom stereocenters. The molecule has 1 unspecified atom stereocenters. The van der Waals surface area contributed by atoms with Crippen LogP contribution in [0, 0.1) is 11.3 Å². The standard InChI is InChI=1S/C13H24N2S/c1-10(2)15-9-11(13(3,4)5)8-12-14-6-7-16-12/h6-7,10-11,15H,8-9H2,1-5H3. The van der Waals surface area contributed by atoms with Gasteiger partial charge in [0.05, 0.1) is 5.01 Å². The van der Waals surface area contributed by atoms with Crippen LogP contribution >= 0.6 is 11.3 Å². The van der Waals surface area contributed by atoms with E-state index in [1.165, 1.54) is 5.01 Å². The molecule has 1 rings (SSSR count). The van der Waals surface area contributed by atoms with Gasteiger partial charge in [0.1, 0.15) is 0 Å². The van der Waals surface area contributed by atoms with Gasteiger partial charge in [0.15, 0.2) is 0 Å². The average molecular weight is 240 g/mol. The minimum absolute atomic E-state index is 0.327. The van der Waals surface area contributed by atoms with Crippen LogP contribution in [-0.2, 0) is 6.42 Å². The summed E-state index contributed by atoms with van der Waals surface area (Å²) >= 11 is 1.76. The van der Waals surface area contributed by atoms with E-state index in [1.54, 1.807) is 11.3 Å². The van der Waals surface area contributed by atoms with E-state index in [-0.39, 0.29) is 0 Å². The average Bonchev–Trinajstić information content (AvgIpc) is 2.62. The van der Waals surface area contributed by atoms with Gasteiger partial charge in [-0.1, -0.05) is 34.6 Å². The molecule has 0 aromatic carbocycles. The molecule has 0 aliphatic heterocycles. The first-order chi connectivity index (χ1) is 7.39. The lowest BCUT2D eigenvalue weighted by atomic mass is 9.78. The third-order valence-electron chi connectivity index (χ3n) is 2.90. The van der Waals surface area contributed by atoms with Crippen molar-refractivity contribution < 1.29 is 0 Å². The van der Waals surface area contributed by atoms with Crippen LogP contribution in [0.4, 0.5) is 0 Å². The Kier molecular flexibility index (Phi) is 4.93. The predicted octanol–water partition coefficient (Wildman–Crippen LogP) is 3.35. The van der Waals surface area contributed by atoms with Crippen molar-refractivity contribution in [1.29, 1.82) is 0 Å². The van der Waals surface area contributed by atoms with Gasteiger partial charge >= 0.3 is 0 Å². The smallest absolute Gasteiger partial charge is 0.0928 e. The SMILES string of the molecule is CC(C)NCC(Cc1nccs1)C(C)(C)C. The lowest BCUT2D eigenvalue weighted by Crippen LogP contribution is -2.36. The molecule has 0 spiro atoms. The molecule has 0 amide bonds. The van der Waals surface area contributed by atoms with Crippen LogP contribution in [-0.4, -0.2) is 17.6 Å². The zero-order valence-electron chi connectivity index (χ0n) is 11.1. The molecule has 92 valence electrons. The second-order valence-electron chi connectivity index (χ2n) is 5.76. The molecular weight excluding hydrogens is 216 g/mol. The molecule has 1 N–H and O–H groups in total. The van der Waals surface area contributed by atoms with E-state index >= 15 is 0 Å². The normalized spacial score (nSPS) is 14.4. The molecule has 0 saturated carbocycles. The highest BCUT2D eigenvalue weighted by atomic mass is 32.1. The van der Waals surface area contributed by atoms with Crippen LogP contribution in [0.15, 0.2) is 11.6 Å². The number of hydrogen-bond donors (Lipinski definition) is 1. The van der Waals surface area contributed by atoms with Gasteiger partial charge in [-0.25, -0.2) is 4.98 Å².